The molecule has 4 rings (SSSR count). The van der Waals surface area contributed by atoms with Crippen molar-refractivity contribution in [3.05, 3.63) is 81.7 Å². The van der Waals surface area contributed by atoms with E-state index in [-0.39, 0.29) is 5.56 Å². The molecule has 0 atom stereocenters. The summed E-state index contributed by atoms with van der Waals surface area (Å²) >= 11 is 0. The van der Waals surface area contributed by atoms with Crippen LogP contribution in [0, 0.1) is 0 Å². The van der Waals surface area contributed by atoms with Gasteiger partial charge in [-0.25, -0.2) is 4.98 Å². The summed E-state index contributed by atoms with van der Waals surface area (Å²) in [6.45, 7) is 10.2. The van der Waals surface area contributed by atoms with Gasteiger partial charge in [0.2, 0.25) is 0 Å². The van der Waals surface area contributed by atoms with Crippen LogP contribution in [0.25, 0.3) is 11.2 Å². The van der Waals surface area contributed by atoms with E-state index in [4.69, 9.17) is 4.98 Å². The summed E-state index contributed by atoms with van der Waals surface area (Å²) in [5.41, 5.74) is 6.86. The zero-order valence-electron chi connectivity index (χ0n) is 17.9. The van der Waals surface area contributed by atoms with Gasteiger partial charge in [0.1, 0.15) is 5.65 Å². The molecule has 2 aliphatic rings. The van der Waals surface area contributed by atoms with E-state index in [2.05, 4.69) is 48.4 Å². The molecule has 6 heteroatoms. The zero-order chi connectivity index (χ0) is 21.1. The van der Waals surface area contributed by atoms with Crippen molar-refractivity contribution in [1.29, 1.82) is 0 Å². The molecule has 156 valence electrons. The average molecular weight is 404 g/mol. The second-order valence-corrected chi connectivity index (χ2v) is 7.83. The second kappa shape index (κ2) is 8.71. The minimum absolute atomic E-state index is 0.0664. The zero-order valence-corrected chi connectivity index (χ0v) is 17.9. The van der Waals surface area contributed by atoms with Gasteiger partial charge in [0.25, 0.3) is 5.56 Å². The van der Waals surface area contributed by atoms with E-state index >= 15 is 0 Å². The lowest BCUT2D eigenvalue weighted by molar-refractivity contribution is 0.588. The normalized spacial score (nSPS) is 19.0. The number of aromatic nitrogens is 2. The van der Waals surface area contributed by atoms with E-state index in [1.54, 1.807) is 10.5 Å². The molecule has 6 nitrogen and oxygen atoms in total. The highest BCUT2D eigenvalue weighted by atomic mass is 16.1. The van der Waals surface area contributed by atoms with Crippen LogP contribution < -0.4 is 21.1 Å². The molecule has 4 heterocycles. The number of piperazine rings is 1. The Balaban J connectivity index is 1.68. The Bertz CT molecular complexity index is 1130. The maximum atomic E-state index is 12.9. The first-order valence-electron chi connectivity index (χ1n) is 10.6. The molecule has 0 aromatic carbocycles. The number of fused-ring (bicyclic) bond motifs is 1. The van der Waals surface area contributed by atoms with Gasteiger partial charge < -0.3 is 15.5 Å². The lowest BCUT2D eigenvalue weighted by Crippen LogP contribution is -2.43. The van der Waals surface area contributed by atoms with Crippen LogP contribution in [0.2, 0.25) is 0 Å². The molecule has 1 saturated heterocycles. The lowest BCUT2D eigenvalue weighted by atomic mass is 10.0. The van der Waals surface area contributed by atoms with Gasteiger partial charge in [0, 0.05) is 55.9 Å². The Morgan fingerprint density at radius 1 is 1.23 bits per heavy atom. The maximum absolute atomic E-state index is 12.9. The van der Waals surface area contributed by atoms with E-state index in [1.165, 1.54) is 11.1 Å². The minimum Gasteiger partial charge on any atom is -0.368 e. The fourth-order valence-electron chi connectivity index (χ4n) is 3.71. The Morgan fingerprint density at radius 3 is 2.80 bits per heavy atom. The van der Waals surface area contributed by atoms with Crippen LogP contribution in [-0.2, 0) is 0 Å². The largest absolute Gasteiger partial charge is 0.368 e. The Morgan fingerprint density at radius 2 is 2.03 bits per heavy atom. The van der Waals surface area contributed by atoms with Crippen molar-refractivity contribution in [3.8, 4) is 0 Å². The van der Waals surface area contributed by atoms with Crippen LogP contribution >= 0.6 is 0 Å². The standard InChI is InChI=1S/C24H29N5O/c1-4-17(2)18(3)13-20-14-19(7-8-26-20)22-15-24(30)29-16-21(5-6-23(29)27-22)28-11-9-25-10-12-28/h5-8,13-16,25-26H,4,9-12H2,1-3H3/b18-17+,20-13-. The topological polar surface area (TPSA) is 61.7 Å². The second-order valence-electron chi connectivity index (χ2n) is 7.83. The van der Waals surface area contributed by atoms with Crippen LogP contribution in [0.5, 0.6) is 0 Å². The number of dihydropyridines is 1. The van der Waals surface area contributed by atoms with Crippen LogP contribution in [0.3, 0.4) is 0 Å². The van der Waals surface area contributed by atoms with E-state index < -0.39 is 0 Å². The van der Waals surface area contributed by atoms with Crippen LogP contribution in [0.4, 0.5) is 5.69 Å². The molecule has 0 radical (unpaired) electrons. The van der Waals surface area contributed by atoms with Gasteiger partial charge >= 0.3 is 0 Å². The van der Waals surface area contributed by atoms with E-state index in [0.29, 0.717) is 11.3 Å². The van der Waals surface area contributed by atoms with Gasteiger partial charge in [0.05, 0.1) is 11.4 Å². The summed E-state index contributed by atoms with van der Waals surface area (Å²) in [5.74, 6) is 0. The third-order valence-electron chi connectivity index (χ3n) is 5.82. The SMILES string of the molecule is CC/C(C)=C(C)/C=C1/C=C(c2cc(=O)n3cc(N4CCNCC4)ccc3n2)C=CN1. The van der Waals surface area contributed by atoms with Gasteiger partial charge in [-0.1, -0.05) is 18.1 Å². The third-order valence-corrected chi connectivity index (χ3v) is 5.82. The number of nitrogens with one attached hydrogen (secondary N) is 2. The predicted molar refractivity (Wildman–Crippen MR) is 124 cm³/mol. The molecule has 2 aliphatic heterocycles. The minimum atomic E-state index is -0.0664. The number of pyridine rings is 1. The van der Waals surface area contributed by atoms with Crippen molar-refractivity contribution in [3.63, 3.8) is 0 Å². The Hall–Kier alpha value is -3.12. The van der Waals surface area contributed by atoms with Crippen molar-refractivity contribution in [2.24, 2.45) is 0 Å². The molecule has 0 saturated carbocycles. The lowest BCUT2D eigenvalue weighted by Gasteiger charge is -2.29. The number of anilines is 1. The fraction of sp³-hybridized carbons (Fsp3) is 0.333. The number of nitrogens with zero attached hydrogens (tertiary/aromatic N) is 3. The van der Waals surface area contributed by atoms with Crippen LogP contribution in [0.15, 0.2) is 70.5 Å². The summed E-state index contributed by atoms with van der Waals surface area (Å²) in [4.78, 5) is 19.9. The molecule has 1 fully saturated rings. The highest BCUT2D eigenvalue weighted by Gasteiger charge is 2.13. The first-order valence-corrected chi connectivity index (χ1v) is 10.6. The molecule has 0 aliphatic carbocycles. The first-order chi connectivity index (χ1) is 14.5. The molecule has 0 spiro atoms. The van der Waals surface area contributed by atoms with Gasteiger partial charge in [0.15, 0.2) is 0 Å². The first kappa shape index (κ1) is 20.2. The fourth-order valence-corrected chi connectivity index (χ4v) is 3.71. The number of rotatable bonds is 4. The molecule has 30 heavy (non-hydrogen) atoms. The summed E-state index contributed by atoms with van der Waals surface area (Å²) < 4.78 is 1.64. The van der Waals surface area contributed by atoms with Crippen molar-refractivity contribution < 1.29 is 0 Å². The van der Waals surface area contributed by atoms with Gasteiger partial charge in [-0.3, -0.25) is 9.20 Å². The summed E-state index contributed by atoms with van der Waals surface area (Å²) in [6.07, 6.45) is 11.0. The highest BCUT2D eigenvalue weighted by Crippen LogP contribution is 2.21. The van der Waals surface area contributed by atoms with E-state index in [1.807, 2.05) is 30.6 Å². The molecular weight excluding hydrogens is 374 g/mol. The molecule has 2 aromatic rings. The van der Waals surface area contributed by atoms with Crippen molar-refractivity contribution in [2.75, 3.05) is 31.1 Å². The number of hydrogen-bond acceptors (Lipinski definition) is 5. The number of hydrogen-bond donors (Lipinski definition) is 2. The summed E-state index contributed by atoms with van der Waals surface area (Å²) in [5, 5.41) is 6.63. The van der Waals surface area contributed by atoms with Crippen molar-refractivity contribution in [2.45, 2.75) is 27.2 Å². The predicted octanol–water partition coefficient (Wildman–Crippen LogP) is 3.23. The van der Waals surface area contributed by atoms with Crippen LogP contribution in [0.1, 0.15) is 32.9 Å². The average Bonchev–Trinajstić information content (AvgIpc) is 2.79. The van der Waals surface area contributed by atoms with Crippen LogP contribution in [-0.4, -0.2) is 35.6 Å². The van der Waals surface area contributed by atoms with Crippen molar-refractivity contribution >= 4 is 16.9 Å². The molecule has 0 bridgehead atoms. The molecular formula is C24H29N5O. The molecule has 0 amide bonds. The maximum Gasteiger partial charge on any atom is 0.258 e. The van der Waals surface area contributed by atoms with E-state index in [0.717, 1.165) is 49.6 Å². The van der Waals surface area contributed by atoms with E-state index in [9.17, 15) is 4.79 Å². The smallest absolute Gasteiger partial charge is 0.258 e. The summed E-state index contributed by atoms with van der Waals surface area (Å²) in [7, 11) is 0. The molecule has 2 N–H and O–H groups in total. The third kappa shape index (κ3) is 4.24. The van der Waals surface area contributed by atoms with Gasteiger partial charge in [-0.2, -0.15) is 0 Å². The van der Waals surface area contributed by atoms with Crippen molar-refractivity contribution in [1.82, 2.24) is 20.0 Å². The Kier molecular flexibility index (Phi) is 5.86. The molecule has 2 aromatic heterocycles. The highest BCUT2D eigenvalue weighted by molar-refractivity contribution is 5.76. The van der Waals surface area contributed by atoms with Gasteiger partial charge in [-0.05, 0) is 50.6 Å². The quantitative estimate of drug-likeness (QED) is 0.821. The Labute approximate surface area is 177 Å². The monoisotopic (exact) mass is 403 g/mol. The number of allylic oxidation sites excluding steroid dienone is 6. The molecule has 0 unspecified atom stereocenters. The summed E-state index contributed by atoms with van der Waals surface area (Å²) in [6, 6.07) is 5.60. The van der Waals surface area contributed by atoms with Gasteiger partial charge in [-0.15, -0.1) is 0 Å².